The molecule has 15 heavy (non-hydrogen) atoms. The Bertz CT molecular complexity index is 245. The van der Waals surface area contributed by atoms with Gasteiger partial charge in [-0.05, 0) is 25.4 Å². The van der Waals surface area contributed by atoms with Crippen LogP contribution in [0.25, 0.3) is 0 Å². The molecule has 0 aromatic heterocycles. The van der Waals surface area contributed by atoms with Crippen molar-refractivity contribution in [2.75, 3.05) is 26.2 Å². The maximum absolute atomic E-state index is 11.7. The van der Waals surface area contributed by atoms with Crippen LogP contribution in [-0.4, -0.2) is 47.7 Å². The number of aliphatic hydroxyl groups is 1. The van der Waals surface area contributed by atoms with Gasteiger partial charge < -0.3 is 15.3 Å². The van der Waals surface area contributed by atoms with E-state index in [9.17, 15) is 9.90 Å². The number of nitrogens with zero attached hydrogens (tertiary/aromatic N) is 1. The Morgan fingerprint density at radius 1 is 1.53 bits per heavy atom. The second-order valence-corrected chi connectivity index (χ2v) is 4.95. The molecule has 2 rings (SSSR count). The second kappa shape index (κ2) is 4.10. The van der Waals surface area contributed by atoms with Gasteiger partial charge in [0.25, 0.3) is 0 Å². The molecule has 0 saturated carbocycles. The summed E-state index contributed by atoms with van der Waals surface area (Å²) in [5, 5.41) is 13.1. The molecule has 2 aliphatic heterocycles. The Morgan fingerprint density at radius 3 is 2.67 bits per heavy atom. The van der Waals surface area contributed by atoms with Crippen LogP contribution in [0.2, 0.25) is 0 Å². The lowest BCUT2D eigenvalue weighted by atomic mass is 9.88. The number of hydrogen-bond donors (Lipinski definition) is 2. The first-order chi connectivity index (χ1) is 7.13. The van der Waals surface area contributed by atoms with E-state index in [0.29, 0.717) is 25.4 Å². The molecule has 2 N–H and O–H groups in total. The summed E-state index contributed by atoms with van der Waals surface area (Å²) in [5.74, 6) is 0.736. The highest BCUT2D eigenvalue weighted by molar-refractivity contribution is 5.77. The van der Waals surface area contributed by atoms with Crippen molar-refractivity contribution >= 4 is 5.91 Å². The fourth-order valence-corrected chi connectivity index (χ4v) is 2.33. The zero-order chi connectivity index (χ0) is 10.9. The Morgan fingerprint density at radius 2 is 2.20 bits per heavy atom. The van der Waals surface area contributed by atoms with Crippen LogP contribution < -0.4 is 5.32 Å². The number of amides is 1. The van der Waals surface area contributed by atoms with Crippen molar-refractivity contribution in [3.05, 3.63) is 0 Å². The Balaban J connectivity index is 1.71. The molecule has 0 aromatic rings. The van der Waals surface area contributed by atoms with Crippen molar-refractivity contribution in [1.82, 2.24) is 10.2 Å². The first-order valence-corrected chi connectivity index (χ1v) is 5.84. The van der Waals surface area contributed by atoms with Crippen LogP contribution in [0.1, 0.15) is 26.2 Å². The summed E-state index contributed by atoms with van der Waals surface area (Å²) in [6.45, 7) is 5.08. The molecule has 1 amide bonds. The Hall–Kier alpha value is -0.610. The van der Waals surface area contributed by atoms with E-state index < -0.39 is 5.60 Å². The van der Waals surface area contributed by atoms with E-state index in [1.165, 1.54) is 0 Å². The third kappa shape index (κ3) is 2.32. The molecule has 0 bridgehead atoms. The van der Waals surface area contributed by atoms with E-state index in [4.69, 9.17) is 0 Å². The molecule has 4 nitrogen and oxygen atoms in total. The molecule has 2 fully saturated rings. The summed E-state index contributed by atoms with van der Waals surface area (Å²) in [5.41, 5.74) is -0.581. The SMILES string of the molecule is CCCC1(O)CN(C(=O)CC2CNC2)C1. The Labute approximate surface area is 90.6 Å². The van der Waals surface area contributed by atoms with Crippen LogP contribution in [0.5, 0.6) is 0 Å². The van der Waals surface area contributed by atoms with Crippen molar-refractivity contribution in [1.29, 1.82) is 0 Å². The number of nitrogens with one attached hydrogen (secondary N) is 1. The third-order valence-electron chi connectivity index (χ3n) is 3.37. The summed E-state index contributed by atoms with van der Waals surface area (Å²) in [7, 11) is 0. The van der Waals surface area contributed by atoms with E-state index in [1.807, 2.05) is 0 Å². The Kier molecular flexibility index (Phi) is 2.98. The maximum Gasteiger partial charge on any atom is 0.223 e. The molecule has 0 aromatic carbocycles. The lowest BCUT2D eigenvalue weighted by Crippen LogP contribution is -2.64. The molecule has 0 aliphatic carbocycles. The lowest BCUT2D eigenvalue weighted by molar-refractivity contribution is -0.157. The molecule has 0 spiro atoms. The van der Waals surface area contributed by atoms with Crippen LogP contribution in [0, 0.1) is 5.92 Å². The summed E-state index contributed by atoms with van der Waals surface area (Å²) >= 11 is 0. The van der Waals surface area contributed by atoms with E-state index in [0.717, 1.165) is 25.9 Å². The number of rotatable bonds is 4. The average Bonchev–Trinajstić information content (AvgIpc) is 2.07. The number of carbonyl (C=O) groups is 1. The first-order valence-electron chi connectivity index (χ1n) is 5.84. The minimum absolute atomic E-state index is 0.210. The van der Waals surface area contributed by atoms with Crippen molar-refractivity contribution < 1.29 is 9.90 Å². The monoisotopic (exact) mass is 212 g/mol. The van der Waals surface area contributed by atoms with Gasteiger partial charge in [0.15, 0.2) is 0 Å². The maximum atomic E-state index is 11.7. The molecule has 0 radical (unpaired) electrons. The molecule has 86 valence electrons. The van der Waals surface area contributed by atoms with Gasteiger partial charge in [-0.25, -0.2) is 0 Å². The smallest absolute Gasteiger partial charge is 0.223 e. The molecular formula is C11H20N2O2. The van der Waals surface area contributed by atoms with Gasteiger partial charge in [-0.2, -0.15) is 0 Å². The predicted octanol–water partition coefficient (Wildman–Crippen LogP) is -0.0307. The van der Waals surface area contributed by atoms with Gasteiger partial charge in [0, 0.05) is 6.42 Å². The van der Waals surface area contributed by atoms with Gasteiger partial charge in [-0.15, -0.1) is 0 Å². The van der Waals surface area contributed by atoms with Gasteiger partial charge in [0.1, 0.15) is 0 Å². The van der Waals surface area contributed by atoms with Crippen molar-refractivity contribution in [3.8, 4) is 0 Å². The minimum atomic E-state index is -0.581. The van der Waals surface area contributed by atoms with E-state index in [2.05, 4.69) is 12.2 Å². The number of carbonyl (C=O) groups excluding carboxylic acids is 1. The lowest BCUT2D eigenvalue weighted by Gasteiger charge is -2.47. The molecule has 0 atom stereocenters. The zero-order valence-corrected chi connectivity index (χ0v) is 9.33. The summed E-state index contributed by atoms with van der Waals surface area (Å²) in [6, 6.07) is 0. The third-order valence-corrected chi connectivity index (χ3v) is 3.37. The zero-order valence-electron chi connectivity index (χ0n) is 9.33. The van der Waals surface area contributed by atoms with Gasteiger partial charge in [-0.3, -0.25) is 4.79 Å². The largest absolute Gasteiger partial charge is 0.386 e. The highest BCUT2D eigenvalue weighted by Crippen LogP contribution is 2.27. The molecule has 0 unspecified atom stereocenters. The number of likely N-dealkylation sites (tertiary alicyclic amines) is 1. The number of β-amino-alcohol motifs (C(OH)–C–C–N with tert-alkyl or cyclic N) is 1. The van der Waals surface area contributed by atoms with Gasteiger partial charge >= 0.3 is 0 Å². The van der Waals surface area contributed by atoms with Crippen LogP contribution in [0.15, 0.2) is 0 Å². The fraction of sp³-hybridized carbons (Fsp3) is 0.909. The van der Waals surface area contributed by atoms with Gasteiger partial charge in [-0.1, -0.05) is 13.3 Å². The second-order valence-electron chi connectivity index (χ2n) is 4.95. The summed E-state index contributed by atoms with van der Waals surface area (Å²) < 4.78 is 0. The molecule has 4 heteroatoms. The summed E-state index contributed by atoms with van der Waals surface area (Å²) in [6.07, 6.45) is 2.43. The average molecular weight is 212 g/mol. The normalized spacial score (nSPS) is 24.5. The quantitative estimate of drug-likeness (QED) is 0.688. The number of hydrogen-bond acceptors (Lipinski definition) is 3. The van der Waals surface area contributed by atoms with E-state index >= 15 is 0 Å². The van der Waals surface area contributed by atoms with Crippen LogP contribution >= 0.6 is 0 Å². The topological polar surface area (TPSA) is 52.6 Å². The van der Waals surface area contributed by atoms with Gasteiger partial charge in [0.2, 0.25) is 5.91 Å². The minimum Gasteiger partial charge on any atom is -0.386 e. The predicted molar refractivity (Wildman–Crippen MR) is 57.4 cm³/mol. The molecule has 2 heterocycles. The van der Waals surface area contributed by atoms with Crippen LogP contribution in [-0.2, 0) is 4.79 Å². The van der Waals surface area contributed by atoms with Crippen molar-refractivity contribution in [3.63, 3.8) is 0 Å². The van der Waals surface area contributed by atoms with Crippen LogP contribution in [0.4, 0.5) is 0 Å². The molecule has 2 saturated heterocycles. The van der Waals surface area contributed by atoms with Crippen molar-refractivity contribution in [2.45, 2.75) is 31.8 Å². The van der Waals surface area contributed by atoms with E-state index in [-0.39, 0.29) is 5.91 Å². The van der Waals surface area contributed by atoms with E-state index in [1.54, 1.807) is 4.90 Å². The van der Waals surface area contributed by atoms with Crippen molar-refractivity contribution in [2.24, 2.45) is 5.92 Å². The summed E-state index contributed by atoms with van der Waals surface area (Å²) in [4.78, 5) is 13.5. The molecular weight excluding hydrogens is 192 g/mol. The van der Waals surface area contributed by atoms with Crippen LogP contribution in [0.3, 0.4) is 0 Å². The highest BCUT2D eigenvalue weighted by atomic mass is 16.3. The standard InChI is InChI=1S/C11H20N2O2/c1-2-3-11(15)7-13(8-11)10(14)4-9-5-12-6-9/h9,12,15H,2-8H2,1H3. The molecule has 2 aliphatic rings. The fourth-order valence-electron chi connectivity index (χ4n) is 2.33. The first kappa shape index (κ1) is 10.9. The highest BCUT2D eigenvalue weighted by Gasteiger charge is 2.42. The van der Waals surface area contributed by atoms with Gasteiger partial charge in [0.05, 0.1) is 18.7 Å².